The van der Waals surface area contributed by atoms with Crippen LogP contribution in [0.15, 0.2) is 138 Å². The van der Waals surface area contributed by atoms with Gasteiger partial charge in [-0.15, -0.1) is 57.9 Å². The molecule has 55 heavy (non-hydrogen) atoms. The Balaban J connectivity index is 0.000000688. The van der Waals surface area contributed by atoms with Gasteiger partial charge in [-0.2, -0.15) is 36.4 Å². The van der Waals surface area contributed by atoms with Crippen molar-refractivity contribution in [2.24, 2.45) is 0 Å². The molecule has 0 amide bonds. The van der Waals surface area contributed by atoms with E-state index in [1.165, 1.54) is 15.8 Å². The van der Waals surface area contributed by atoms with Crippen LogP contribution >= 0.6 is 38.6 Å². The summed E-state index contributed by atoms with van der Waals surface area (Å²) < 4.78 is 14.5. The third-order valence-corrected chi connectivity index (χ3v) is 8.23. The zero-order valence-electron chi connectivity index (χ0n) is 29.8. The van der Waals surface area contributed by atoms with Gasteiger partial charge in [-0.25, -0.2) is 9.97 Å². The molecule has 0 aliphatic rings. The van der Waals surface area contributed by atoms with Gasteiger partial charge in [-0.1, -0.05) is 70.4 Å². The largest absolute Gasteiger partial charge is 0.464 e. The van der Waals surface area contributed by atoms with E-state index in [0.29, 0.717) is 11.8 Å². The third kappa shape index (κ3) is 18.7. The van der Waals surface area contributed by atoms with E-state index in [1.807, 2.05) is 128 Å². The quantitative estimate of drug-likeness (QED) is 0.159. The van der Waals surface area contributed by atoms with Crippen molar-refractivity contribution in [2.45, 2.75) is 35.1 Å². The maximum Gasteiger partial charge on any atom is 0.240 e. The Hall–Kier alpha value is -2.95. The number of hydrogen-bond acceptors (Lipinski definition) is 9. The van der Waals surface area contributed by atoms with E-state index in [2.05, 4.69) is 72.9 Å². The van der Waals surface area contributed by atoms with Crippen LogP contribution in [0.25, 0.3) is 20.4 Å². The van der Waals surface area contributed by atoms with Crippen molar-refractivity contribution in [2.75, 3.05) is 19.0 Å². The number of nitrogens with zero attached hydrogens (tertiary/aromatic N) is 5. The fraction of sp³-hybridized carbons (Fsp3) is 0.163. The van der Waals surface area contributed by atoms with Crippen LogP contribution in [0.3, 0.4) is 0 Å². The van der Waals surface area contributed by atoms with Gasteiger partial charge in [0, 0.05) is 103 Å². The first-order valence-corrected chi connectivity index (χ1v) is 18.3. The van der Waals surface area contributed by atoms with Crippen LogP contribution < -0.4 is 14.4 Å². The molecule has 0 atom stereocenters. The standard InChI is InChI=1S/C13H13N2O.C11H7BrNO.2C7H4NS.C3H8.2CH4.2Y/c1-15(2)12-9-6-10-14-13(12)16-11-7-4-3-5-8-11;12-10-7-4-8-13-11(10)14-9-5-2-1-3-6-9;2*1-2-4-7-6(3-1)8-5-9-7;1-3-2;;;;/h4-10H,1-2H3;2-8H;2*1-4H;3H2,1-2H3;2*1H4;;/q4*-1;;;;;. The fourth-order valence-electron chi connectivity index (χ4n) is 3.86. The molecule has 0 aliphatic heterocycles. The number of hydrogen-bond donors (Lipinski definition) is 0. The summed E-state index contributed by atoms with van der Waals surface area (Å²) in [4.78, 5) is 18.3. The Bertz CT molecular complexity index is 2010. The molecule has 0 bridgehead atoms. The van der Waals surface area contributed by atoms with Crippen molar-refractivity contribution >= 4 is 64.7 Å². The summed E-state index contributed by atoms with van der Waals surface area (Å²) in [6.45, 7) is 4.25. The average molecular weight is 985 g/mol. The van der Waals surface area contributed by atoms with Crippen molar-refractivity contribution in [1.82, 2.24) is 19.9 Å². The molecule has 282 valence electrons. The van der Waals surface area contributed by atoms with Crippen LogP contribution in [0.5, 0.6) is 23.3 Å². The second kappa shape index (κ2) is 30.2. The van der Waals surface area contributed by atoms with E-state index in [-0.39, 0.29) is 80.3 Å². The predicted molar refractivity (Wildman–Crippen MR) is 228 cm³/mol. The number of anilines is 1. The molecule has 2 radical (unpaired) electrons. The normalized spacial score (nSPS) is 9.04. The van der Waals surface area contributed by atoms with Crippen molar-refractivity contribution in [3.8, 4) is 23.3 Å². The molecule has 7 nitrogen and oxygen atoms in total. The molecule has 0 saturated carbocycles. The molecule has 0 fully saturated rings. The summed E-state index contributed by atoms with van der Waals surface area (Å²) in [7, 11) is 3.92. The van der Waals surface area contributed by atoms with Gasteiger partial charge in [-0.3, -0.25) is 22.7 Å². The Kier molecular flexibility index (Phi) is 28.6. The molecular weight excluding hydrogens is 940 g/mol. The Morgan fingerprint density at radius 3 is 1.45 bits per heavy atom. The molecule has 4 aromatic heterocycles. The minimum atomic E-state index is 0. The molecule has 4 heterocycles. The minimum absolute atomic E-state index is 0. The number of para-hydroxylation sites is 2. The predicted octanol–water partition coefficient (Wildman–Crippen LogP) is 13.1. The van der Waals surface area contributed by atoms with Gasteiger partial charge in [0.15, 0.2) is 0 Å². The zero-order chi connectivity index (χ0) is 36.1. The average Bonchev–Trinajstić information content (AvgIpc) is 3.85. The van der Waals surface area contributed by atoms with Crippen molar-refractivity contribution in [1.29, 1.82) is 0 Å². The van der Waals surface area contributed by atoms with E-state index >= 15 is 0 Å². The first-order valence-electron chi connectivity index (χ1n) is 15.9. The van der Waals surface area contributed by atoms with E-state index in [4.69, 9.17) is 9.47 Å². The van der Waals surface area contributed by atoms with Crippen molar-refractivity contribution in [3.05, 3.63) is 161 Å². The Labute approximate surface area is 393 Å². The number of pyridine rings is 2. The SMILES string of the molecule is Brc1cccnc1Oc1cc[c-]cc1.C.C.CCC.CN(C)c1cccnc1Oc1cc[c-]cc1.[Y].[Y].[c-]1nc2ccccc2s1.[c-]1nc2ccccc2s1. The molecule has 0 spiro atoms. The van der Waals surface area contributed by atoms with Crippen LogP contribution in [0.2, 0.25) is 0 Å². The number of thiazole rings is 2. The van der Waals surface area contributed by atoms with Gasteiger partial charge >= 0.3 is 0 Å². The van der Waals surface area contributed by atoms with Crippen LogP contribution in [0.4, 0.5) is 5.69 Å². The molecule has 12 heteroatoms. The molecule has 0 aliphatic carbocycles. The fourth-order valence-corrected chi connectivity index (χ4v) is 5.41. The number of aromatic nitrogens is 4. The minimum Gasteiger partial charge on any atom is -0.464 e. The summed E-state index contributed by atoms with van der Waals surface area (Å²) in [5, 5.41) is 0. The Morgan fingerprint density at radius 1 is 0.600 bits per heavy atom. The van der Waals surface area contributed by atoms with Crippen LogP contribution in [-0.2, 0) is 65.4 Å². The topological polar surface area (TPSA) is 73.3 Å². The molecule has 0 saturated heterocycles. The molecule has 8 rings (SSSR count). The number of ether oxygens (including phenoxy) is 2. The van der Waals surface area contributed by atoms with Gasteiger partial charge in [0.1, 0.15) is 0 Å². The Morgan fingerprint density at radius 2 is 1.02 bits per heavy atom. The van der Waals surface area contributed by atoms with Gasteiger partial charge in [0.25, 0.3) is 0 Å². The molecule has 0 unspecified atom stereocenters. The van der Waals surface area contributed by atoms with Crippen molar-refractivity contribution < 1.29 is 74.9 Å². The van der Waals surface area contributed by atoms with E-state index in [0.717, 1.165) is 32.7 Å². The number of rotatable bonds is 5. The summed E-state index contributed by atoms with van der Waals surface area (Å²) >= 11 is 6.46. The second-order valence-electron chi connectivity index (χ2n) is 10.4. The molecule has 0 N–H and O–H groups in total. The van der Waals surface area contributed by atoms with Gasteiger partial charge in [0.2, 0.25) is 11.8 Å². The van der Waals surface area contributed by atoms with Crippen LogP contribution in [0.1, 0.15) is 35.1 Å². The summed E-state index contributed by atoms with van der Waals surface area (Å²) in [5.41, 5.74) is 8.70. The van der Waals surface area contributed by atoms with Gasteiger partial charge < -0.3 is 24.3 Å². The maximum atomic E-state index is 5.70. The van der Waals surface area contributed by atoms with Crippen LogP contribution in [-0.4, -0.2) is 34.0 Å². The third-order valence-electron chi connectivity index (χ3n) is 6.14. The van der Waals surface area contributed by atoms with E-state index in [1.54, 1.807) is 47.2 Å². The summed E-state index contributed by atoms with van der Waals surface area (Å²) in [5.74, 6) is 2.70. The van der Waals surface area contributed by atoms with Crippen LogP contribution in [0, 0.1) is 23.2 Å². The zero-order valence-corrected chi connectivity index (χ0v) is 38.7. The van der Waals surface area contributed by atoms with Gasteiger partial charge in [-0.05, 0) is 51.2 Å². The summed E-state index contributed by atoms with van der Waals surface area (Å²) in [6.07, 6.45) is 4.66. The monoisotopic (exact) mass is 983 g/mol. The molecule has 4 aromatic carbocycles. The number of halogens is 1. The molecule has 8 aromatic rings. The maximum absolute atomic E-state index is 5.70. The number of benzene rings is 4. The van der Waals surface area contributed by atoms with Crippen molar-refractivity contribution in [3.63, 3.8) is 0 Å². The summed E-state index contributed by atoms with van der Waals surface area (Å²) in [6, 6.07) is 44.1. The first kappa shape index (κ1) is 52.0. The van der Waals surface area contributed by atoms with Gasteiger partial charge in [0.05, 0.1) is 10.2 Å². The first-order chi connectivity index (χ1) is 25.0. The molecular formula is C43H44BrN5O2S2Y2-4. The van der Waals surface area contributed by atoms with E-state index < -0.39 is 0 Å². The van der Waals surface area contributed by atoms with E-state index in [9.17, 15) is 0 Å². The number of fused-ring (bicyclic) bond motifs is 2. The second-order valence-corrected chi connectivity index (χ2v) is 12.9. The smallest absolute Gasteiger partial charge is 0.240 e.